The molecule has 1 aliphatic carbocycles. The van der Waals surface area contributed by atoms with Gasteiger partial charge in [-0.2, -0.15) is 0 Å². The van der Waals surface area contributed by atoms with Crippen molar-refractivity contribution in [2.75, 3.05) is 17.1 Å². The lowest BCUT2D eigenvalue weighted by molar-refractivity contribution is -0.140. The first kappa shape index (κ1) is 32.1. The first-order valence-electron chi connectivity index (χ1n) is 13.7. The number of anilines is 1. The van der Waals surface area contributed by atoms with E-state index in [4.69, 9.17) is 34.8 Å². The number of amides is 2. The van der Waals surface area contributed by atoms with Crippen LogP contribution in [0.4, 0.5) is 5.69 Å². The van der Waals surface area contributed by atoms with Crippen LogP contribution in [-0.4, -0.2) is 50.0 Å². The van der Waals surface area contributed by atoms with Gasteiger partial charge in [-0.15, -0.1) is 0 Å². The highest BCUT2D eigenvalue weighted by Gasteiger charge is 2.34. The van der Waals surface area contributed by atoms with Crippen LogP contribution in [0.5, 0.6) is 0 Å². The number of benzene rings is 3. The SMILES string of the molecule is Cc1c(Cl)cccc1N(CC(=O)N(Cc1ccc(Cl)c(Cl)c1)[C@H](Cc1ccccc1)C(=O)NC1CCCC1)S(C)(=O)=O. The second-order valence-corrected chi connectivity index (χ2v) is 13.7. The number of halogens is 3. The average Bonchev–Trinajstić information content (AvgIpc) is 3.46. The second kappa shape index (κ2) is 14.1. The van der Waals surface area contributed by atoms with Gasteiger partial charge in [-0.1, -0.05) is 90.1 Å². The highest BCUT2D eigenvalue weighted by atomic mass is 35.5. The molecule has 2 amide bonds. The smallest absolute Gasteiger partial charge is 0.244 e. The molecule has 42 heavy (non-hydrogen) atoms. The predicted octanol–water partition coefficient (Wildman–Crippen LogP) is 6.42. The molecule has 1 saturated carbocycles. The van der Waals surface area contributed by atoms with E-state index >= 15 is 0 Å². The predicted molar refractivity (Wildman–Crippen MR) is 170 cm³/mol. The lowest BCUT2D eigenvalue weighted by atomic mass is 10.0. The van der Waals surface area contributed by atoms with Crippen LogP contribution in [0.25, 0.3) is 0 Å². The largest absolute Gasteiger partial charge is 0.352 e. The fourth-order valence-electron chi connectivity index (χ4n) is 5.22. The van der Waals surface area contributed by atoms with Crippen molar-refractivity contribution < 1.29 is 18.0 Å². The number of sulfonamides is 1. The number of nitrogens with one attached hydrogen (secondary N) is 1. The third-order valence-corrected chi connectivity index (χ3v) is 9.77. The molecule has 0 spiro atoms. The van der Waals surface area contributed by atoms with Gasteiger partial charge in [0.15, 0.2) is 0 Å². The molecule has 4 rings (SSSR count). The summed E-state index contributed by atoms with van der Waals surface area (Å²) in [4.78, 5) is 29.6. The maximum atomic E-state index is 14.2. The molecule has 1 atom stereocenters. The number of hydrogen-bond acceptors (Lipinski definition) is 4. The number of rotatable bonds is 11. The van der Waals surface area contributed by atoms with E-state index in [2.05, 4.69) is 5.32 Å². The van der Waals surface area contributed by atoms with Crippen molar-refractivity contribution >= 4 is 62.3 Å². The zero-order chi connectivity index (χ0) is 30.4. The van der Waals surface area contributed by atoms with Crippen LogP contribution >= 0.6 is 34.8 Å². The van der Waals surface area contributed by atoms with Crippen LogP contribution in [0.1, 0.15) is 42.4 Å². The Morgan fingerprint density at radius 2 is 1.60 bits per heavy atom. The molecule has 0 saturated heterocycles. The summed E-state index contributed by atoms with van der Waals surface area (Å²) in [7, 11) is -3.91. The lowest BCUT2D eigenvalue weighted by Crippen LogP contribution is -2.54. The molecule has 11 heteroatoms. The Hall–Kier alpha value is -2.78. The highest BCUT2D eigenvalue weighted by Crippen LogP contribution is 2.29. The van der Waals surface area contributed by atoms with Crippen LogP contribution in [-0.2, 0) is 32.6 Å². The summed E-state index contributed by atoms with van der Waals surface area (Å²) in [5.41, 5.74) is 2.33. The van der Waals surface area contributed by atoms with E-state index in [0.717, 1.165) is 41.8 Å². The van der Waals surface area contributed by atoms with Crippen LogP contribution in [0.2, 0.25) is 15.1 Å². The van der Waals surface area contributed by atoms with E-state index in [1.165, 1.54) is 4.90 Å². The van der Waals surface area contributed by atoms with Gasteiger partial charge in [0.2, 0.25) is 21.8 Å². The van der Waals surface area contributed by atoms with Crippen LogP contribution in [0.3, 0.4) is 0 Å². The molecule has 0 aliphatic heterocycles. The van der Waals surface area contributed by atoms with Crippen LogP contribution < -0.4 is 9.62 Å². The highest BCUT2D eigenvalue weighted by molar-refractivity contribution is 7.92. The minimum Gasteiger partial charge on any atom is -0.352 e. The quantitative estimate of drug-likeness (QED) is 0.260. The summed E-state index contributed by atoms with van der Waals surface area (Å²) in [5, 5.41) is 4.19. The minimum atomic E-state index is -3.91. The van der Waals surface area contributed by atoms with Crippen molar-refractivity contribution in [1.82, 2.24) is 10.2 Å². The Labute approximate surface area is 262 Å². The molecule has 1 aliphatic rings. The average molecular weight is 651 g/mol. The van der Waals surface area contributed by atoms with Crippen LogP contribution in [0.15, 0.2) is 66.7 Å². The van der Waals surface area contributed by atoms with Gasteiger partial charge >= 0.3 is 0 Å². The molecule has 3 aromatic rings. The Kier molecular flexibility index (Phi) is 10.8. The standard InChI is InChI=1S/C31H34Cl3N3O4S/c1-21-25(32)13-8-14-28(21)37(42(2,40)41)20-30(38)36(19-23-15-16-26(33)27(34)17-23)29(18-22-9-4-3-5-10-22)31(39)35-24-11-6-7-12-24/h3-5,8-10,13-17,24,29H,6-7,11-12,18-20H2,1-2H3,(H,35,39)/t29-/m1/s1. The van der Waals surface area contributed by atoms with Crippen molar-refractivity contribution in [3.05, 3.63) is 98.5 Å². The van der Waals surface area contributed by atoms with E-state index in [0.29, 0.717) is 31.9 Å². The second-order valence-electron chi connectivity index (χ2n) is 10.6. The molecule has 1 fully saturated rings. The fraction of sp³-hybridized carbons (Fsp3) is 0.355. The molecule has 224 valence electrons. The number of hydrogen-bond donors (Lipinski definition) is 1. The van der Waals surface area contributed by atoms with Gasteiger partial charge < -0.3 is 10.2 Å². The fourth-order valence-corrected chi connectivity index (χ4v) is 6.61. The lowest BCUT2D eigenvalue weighted by Gasteiger charge is -2.34. The molecule has 0 bridgehead atoms. The van der Waals surface area contributed by atoms with Gasteiger partial charge in [-0.25, -0.2) is 8.42 Å². The third-order valence-electron chi connectivity index (χ3n) is 7.50. The molecule has 7 nitrogen and oxygen atoms in total. The van der Waals surface area contributed by atoms with E-state index in [9.17, 15) is 18.0 Å². The van der Waals surface area contributed by atoms with Gasteiger partial charge in [0, 0.05) is 24.0 Å². The minimum absolute atomic E-state index is 0.0113. The van der Waals surface area contributed by atoms with Gasteiger partial charge in [0.1, 0.15) is 12.6 Å². The Bertz CT molecular complexity index is 1530. The van der Waals surface area contributed by atoms with Gasteiger partial charge in [0.25, 0.3) is 0 Å². The summed E-state index contributed by atoms with van der Waals surface area (Å²) in [6.07, 6.45) is 5.09. The zero-order valence-electron chi connectivity index (χ0n) is 23.5. The van der Waals surface area contributed by atoms with Crippen LogP contribution in [0, 0.1) is 6.92 Å². The maximum Gasteiger partial charge on any atom is 0.244 e. The molecule has 0 radical (unpaired) electrons. The summed E-state index contributed by atoms with van der Waals surface area (Å²) in [6, 6.07) is 18.4. The molecule has 0 unspecified atom stereocenters. The Morgan fingerprint density at radius 3 is 2.24 bits per heavy atom. The first-order chi connectivity index (χ1) is 19.9. The summed E-state index contributed by atoms with van der Waals surface area (Å²) in [6.45, 7) is 1.18. The molecule has 3 aromatic carbocycles. The molecular weight excluding hydrogens is 617 g/mol. The Balaban J connectivity index is 1.76. The van der Waals surface area contributed by atoms with Gasteiger partial charge in [-0.05, 0) is 60.7 Å². The van der Waals surface area contributed by atoms with Crippen molar-refractivity contribution in [2.45, 2.75) is 57.7 Å². The van der Waals surface area contributed by atoms with E-state index in [1.807, 2.05) is 30.3 Å². The topological polar surface area (TPSA) is 86.8 Å². The molecule has 1 N–H and O–H groups in total. The van der Waals surface area contributed by atoms with Crippen molar-refractivity contribution in [1.29, 1.82) is 0 Å². The van der Waals surface area contributed by atoms with Gasteiger partial charge in [0.05, 0.1) is 22.0 Å². The monoisotopic (exact) mass is 649 g/mol. The normalized spacial score (nSPS) is 14.4. The molecule has 0 aromatic heterocycles. The van der Waals surface area contributed by atoms with E-state index < -0.39 is 28.5 Å². The summed E-state index contributed by atoms with van der Waals surface area (Å²) in [5.74, 6) is -0.836. The molecule has 0 heterocycles. The summed E-state index contributed by atoms with van der Waals surface area (Å²) >= 11 is 18.8. The first-order valence-corrected chi connectivity index (χ1v) is 16.7. The van der Waals surface area contributed by atoms with Crippen molar-refractivity contribution in [3.63, 3.8) is 0 Å². The van der Waals surface area contributed by atoms with Gasteiger partial charge in [-0.3, -0.25) is 13.9 Å². The zero-order valence-corrected chi connectivity index (χ0v) is 26.6. The molecular formula is C31H34Cl3N3O4S. The Morgan fingerprint density at radius 1 is 0.905 bits per heavy atom. The van der Waals surface area contributed by atoms with E-state index in [-0.39, 0.29) is 24.9 Å². The number of carbonyl (C=O) groups is 2. The van der Waals surface area contributed by atoms with Crippen molar-refractivity contribution in [3.8, 4) is 0 Å². The summed E-state index contributed by atoms with van der Waals surface area (Å²) < 4.78 is 27.1. The number of carbonyl (C=O) groups excluding carboxylic acids is 2. The van der Waals surface area contributed by atoms with E-state index in [1.54, 1.807) is 43.3 Å². The maximum absolute atomic E-state index is 14.2. The van der Waals surface area contributed by atoms with Crippen molar-refractivity contribution in [2.24, 2.45) is 0 Å². The third kappa shape index (κ3) is 8.19. The number of nitrogens with zero attached hydrogens (tertiary/aromatic N) is 2.